The highest BCUT2D eigenvalue weighted by Crippen LogP contribution is 2.23. The Morgan fingerprint density at radius 3 is 2.50 bits per heavy atom. The maximum atomic E-state index is 9.45. The van der Waals surface area contributed by atoms with E-state index in [1.807, 2.05) is 41.3 Å². The number of nitrogens with one attached hydrogen (secondary N) is 1. The van der Waals surface area contributed by atoms with Gasteiger partial charge in [0.2, 0.25) is 5.96 Å². The summed E-state index contributed by atoms with van der Waals surface area (Å²) in [5, 5.41) is 10.1. The third-order valence-corrected chi connectivity index (χ3v) is 4.79. The van der Waals surface area contributed by atoms with E-state index in [2.05, 4.69) is 42.9 Å². The van der Waals surface area contributed by atoms with Crippen LogP contribution in [0.25, 0.3) is 0 Å². The lowest BCUT2D eigenvalue weighted by molar-refractivity contribution is 0.207. The zero-order valence-electron chi connectivity index (χ0n) is 12.9. The van der Waals surface area contributed by atoms with Crippen molar-refractivity contribution in [1.82, 2.24) is 15.4 Å². The maximum Gasteiger partial charge on any atom is 0.223 e. The number of halogens is 2. The molecular formula is C16H17ClIN5O. The lowest BCUT2D eigenvalue weighted by atomic mass is 10.3. The van der Waals surface area contributed by atoms with Crippen LogP contribution in [0.4, 0.5) is 11.5 Å². The Labute approximate surface area is 159 Å². The molecule has 0 radical (unpaired) electrons. The van der Waals surface area contributed by atoms with Gasteiger partial charge in [-0.3, -0.25) is 5.21 Å². The highest BCUT2D eigenvalue weighted by Gasteiger charge is 2.22. The van der Waals surface area contributed by atoms with Crippen molar-refractivity contribution in [3.63, 3.8) is 0 Å². The minimum Gasteiger partial charge on any atom is -0.352 e. The number of aliphatic imine (C=N–C) groups is 1. The Morgan fingerprint density at radius 1 is 1.17 bits per heavy atom. The molecule has 3 rings (SSSR count). The van der Waals surface area contributed by atoms with Gasteiger partial charge in [0.1, 0.15) is 5.82 Å². The van der Waals surface area contributed by atoms with Crippen LogP contribution in [0.1, 0.15) is 0 Å². The summed E-state index contributed by atoms with van der Waals surface area (Å²) in [5.41, 5.74) is 3.01. The largest absolute Gasteiger partial charge is 0.352 e. The van der Waals surface area contributed by atoms with E-state index in [9.17, 15) is 5.21 Å². The number of benzene rings is 1. The van der Waals surface area contributed by atoms with Crippen LogP contribution in [0, 0.1) is 3.57 Å². The molecule has 2 aromatic rings. The Hall–Kier alpha value is -1.58. The van der Waals surface area contributed by atoms with Crippen molar-refractivity contribution in [1.29, 1.82) is 0 Å². The molecule has 0 spiro atoms. The number of guanidine groups is 1. The van der Waals surface area contributed by atoms with Gasteiger partial charge in [-0.1, -0.05) is 11.6 Å². The molecule has 1 aliphatic heterocycles. The van der Waals surface area contributed by atoms with Crippen LogP contribution in [0.15, 0.2) is 47.6 Å². The lowest BCUT2D eigenvalue weighted by Crippen LogP contribution is -2.52. The molecule has 0 unspecified atom stereocenters. The summed E-state index contributed by atoms with van der Waals surface area (Å²) in [6.45, 7) is 2.93. The van der Waals surface area contributed by atoms with Gasteiger partial charge in [0, 0.05) is 35.9 Å². The van der Waals surface area contributed by atoms with Gasteiger partial charge >= 0.3 is 0 Å². The molecule has 1 aromatic carbocycles. The van der Waals surface area contributed by atoms with Gasteiger partial charge in [-0.15, -0.1) is 0 Å². The van der Waals surface area contributed by atoms with E-state index < -0.39 is 0 Å². The fourth-order valence-corrected chi connectivity index (χ4v) is 3.15. The second-order valence-electron chi connectivity index (χ2n) is 5.31. The van der Waals surface area contributed by atoms with Crippen molar-refractivity contribution in [3.05, 3.63) is 51.2 Å². The smallest absolute Gasteiger partial charge is 0.223 e. The first-order valence-electron chi connectivity index (χ1n) is 7.52. The third kappa shape index (κ3) is 4.08. The molecule has 1 aliphatic rings. The van der Waals surface area contributed by atoms with Gasteiger partial charge in [0.25, 0.3) is 0 Å². The molecule has 0 saturated carbocycles. The van der Waals surface area contributed by atoms with Crippen molar-refractivity contribution in [2.24, 2.45) is 4.99 Å². The van der Waals surface area contributed by atoms with Crippen LogP contribution in [0.2, 0.25) is 5.02 Å². The molecule has 6 nitrogen and oxygen atoms in total. The van der Waals surface area contributed by atoms with E-state index in [-0.39, 0.29) is 0 Å². The average molecular weight is 458 g/mol. The predicted molar refractivity (Wildman–Crippen MR) is 104 cm³/mol. The van der Waals surface area contributed by atoms with E-state index >= 15 is 0 Å². The second-order valence-corrected chi connectivity index (χ2v) is 6.96. The molecule has 1 fully saturated rings. The molecule has 126 valence electrons. The number of anilines is 1. The summed E-state index contributed by atoms with van der Waals surface area (Å²) >= 11 is 8.46. The fraction of sp³-hybridized carbons (Fsp3) is 0.250. The normalized spacial score (nSPS) is 15.5. The SMILES string of the molecule is ONC(=Nc1ccc(I)cc1)N1CCN(c2ncccc2Cl)CC1. The molecule has 2 N–H and O–H groups in total. The molecule has 1 saturated heterocycles. The summed E-state index contributed by atoms with van der Waals surface area (Å²) in [6, 6.07) is 11.5. The standard InChI is InChI=1S/C16H17ClIN5O/c17-14-2-1-7-19-15(14)22-8-10-23(11-9-22)16(21-24)20-13-5-3-12(18)4-6-13/h1-7,24H,8-11H2,(H,20,21). The first kappa shape index (κ1) is 17.2. The molecule has 8 heteroatoms. The fourth-order valence-electron chi connectivity index (χ4n) is 2.54. The van der Waals surface area contributed by atoms with E-state index in [1.165, 1.54) is 0 Å². The minimum absolute atomic E-state index is 0.447. The van der Waals surface area contributed by atoms with Gasteiger partial charge in [-0.25, -0.2) is 15.5 Å². The molecule has 2 heterocycles. The van der Waals surface area contributed by atoms with Crippen molar-refractivity contribution in [3.8, 4) is 0 Å². The highest BCUT2D eigenvalue weighted by atomic mass is 127. The topological polar surface area (TPSA) is 64.0 Å². The predicted octanol–water partition coefficient (Wildman–Crippen LogP) is 3.13. The second kappa shape index (κ2) is 8.00. The summed E-state index contributed by atoms with van der Waals surface area (Å²) in [6.07, 6.45) is 1.74. The van der Waals surface area contributed by atoms with Crippen LogP contribution in [-0.2, 0) is 0 Å². The molecule has 0 atom stereocenters. The van der Waals surface area contributed by atoms with Gasteiger partial charge in [-0.2, -0.15) is 0 Å². The van der Waals surface area contributed by atoms with Gasteiger partial charge in [0.05, 0.1) is 10.7 Å². The van der Waals surface area contributed by atoms with Crippen LogP contribution in [0.5, 0.6) is 0 Å². The monoisotopic (exact) mass is 457 g/mol. The molecule has 0 aliphatic carbocycles. The van der Waals surface area contributed by atoms with E-state index in [0.29, 0.717) is 24.1 Å². The Balaban J connectivity index is 1.68. The quantitative estimate of drug-likeness (QED) is 0.314. The number of rotatable bonds is 2. The number of piperazine rings is 1. The van der Waals surface area contributed by atoms with E-state index in [1.54, 1.807) is 6.20 Å². The minimum atomic E-state index is 0.447. The Bertz CT molecular complexity index is 717. The number of hydroxylamine groups is 1. The van der Waals surface area contributed by atoms with Crippen LogP contribution < -0.4 is 10.4 Å². The van der Waals surface area contributed by atoms with Gasteiger partial charge < -0.3 is 9.80 Å². The Morgan fingerprint density at radius 2 is 1.88 bits per heavy atom. The van der Waals surface area contributed by atoms with Crippen LogP contribution in [-0.4, -0.2) is 47.2 Å². The van der Waals surface area contributed by atoms with Crippen molar-refractivity contribution >= 4 is 51.7 Å². The zero-order chi connectivity index (χ0) is 16.9. The van der Waals surface area contributed by atoms with Crippen molar-refractivity contribution in [2.45, 2.75) is 0 Å². The average Bonchev–Trinajstić information content (AvgIpc) is 2.62. The summed E-state index contributed by atoms with van der Waals surface area (Å²) in [7, 11) is 0. The van der Waals surface area contributed by atoms with Crippen LogP contribution >= 0.6 is 34.2 Å². The van der Waals surface area contributed by atoms with E-state index in [0.717, 1.165) is 28.2 Å². The number of nitrogens with zero attached hydrogens (tertiary/aromatic N) is 4. The molecule has 0 bridgehead atoms. The number of hydrogen-bond donors (Lipinski definition) is 2. The number of aromatic nitrogens is 1. The zero-order valence-corrected chi connectivity index (χ0v) is 15.8. The molecular weight excluding hydrogens is 441 g/mol. The van der Waals surface area contributed by atoms with Crippen LogP contribution in [0.3, 0.4) is 0 Å². The van der Waals surface area contributed by atoms with Crippen molar-refractivity contribution in [2.75, 3.05) is 31.1 Å². The maximum absolute atomic E-state index is 9.45. The third-order valence-electron chi connectivity index (χ3n) is 3.78. The first-order chi connectivity index (χ1) is 11.7. The highest BCUT2D eigenvalue weighted by molar-refractivity contribution is 14.1. The lowest BCUT2D eigenvalue weighted by Gasteiger charge is -2.36. The first-order valence-corrected chi connectivity index (χ1v) is 8.98. The summed E-state index contributed by atoms with van der Waals surface area (Å²) in [4.78, 5) is 13.0. The van der Waals surface area contributed by atoms with E-state index in [4.69, 9.17) is 11.6 Å². The Kier molecular flexibility index (Phi) is 5.75. The van der Waals surface area contributed by atoms with Gasteiger partial charge in [0.15, 0.2) is 0 Å². The van der Waals surface area contributed by atoms with Crippen molar-refractivity contribution < 1.29 is 5.21 Å². The molecule has 0 amide bonds. The number of pyridine rings is 1. The molecule has 1 aromatic heterocycles. The van der Waals surface area contributed by atoms with Gasteiger partial charge in [-0.05, 0) is 59.0 Å². The summed E-state index contributed by atoms with van der Waals surface area (Å²) < 4.78 is 1.14. The summed E-state index contributed by atoms with van der Waals surface area (Å²) in [5.74, 6) is 1.25. The number of hydrogen-bond acceptors (Lipinski definition) is 4. The molecule has 24 heavy (non-hydrogen) atoms.